The summed E-state index contributed by atoms with van der Waals surface area (Å²) in [6.45, 7) is 2.20. The maximum atomic E-state index is 12.3. The predicted molar refractivity (Wildman–Crippen MR) is 71.6 cm³/mol. The van der Waals surface area contributed by atoms with E-state index in [2.05, 4.69) is 4.72 Å². The number of para-hydroxylation sites is 1. The number of nitro groups is 1. The molecule has 0 amide bonds. The number of rotatable bonds is 4. The Bertz CT molecular complexity index is 631. The number of sulfonamides is 1. The number of nitro benzene ring substituents is 1. The van der Waals surface area contributed by atoms with Gasteiger partial charge in [0, 0.05) is 6.61 Å². The van der Waals surface area contributed by atoms with Crippen LogP contribution in [0.1, 0.15) is 13.3 Å². The van der Waals surface area contributed by atoms with Gasteiger partial charge in [-0.25, -0.2) is 13.1 Å². The summed E-state index contributed by atoms with van der Waals surface area (Å²) in [4.78, 5) is 9.78. The maximum absolute atomic E-state index is 12.3. The molecule has 20 heavy (non-hydrogen) atoms. The molecule has 1 fully saturated rings. The van der Waals surface area contributed by atoms with Crippen molar-refractivity contribution in [1.82, 2.24) is 4.72 Å². The Morgan fingerprint density at radius 2 is 2.20 bits per heavy atom. The number of nitrogens with zero attached hydrogens (tertiary/aromatic N) is 1. The molecule has 0 bridgehead atoms. The molecule has 8 nitrogen and oxygen atoms in total. The zero-order chi connectivity index (χ0) is 14.9. The number of anilines is 1. The topological polar surface area (TPSA) is 125 Å². The molecule has 2 atom stereocenters. The molecule has 0 saturated carbocycles. The lowest BCUT2D eigenvalue weighted by Gasteiger charge is -2.16. The van der Waals surface area contributed by atoms with Gasteiger partial charge in [-0.15, -0.1) is 0 Å². The van der Waals surface area contributed by atoms with Crippen molar-refractivity contribution < 1.29 is 18.1 Å². The molecule has 1 saturated heterocycles. The van der Waals surface area contributed by atoms with Gasteiger partial charge in [0.05, 0.1) is 17.1 Å². The summed E-state index contributed by atoms with van der Waals surface area (Å²) < 4.78 is 32.3. The van der Waals surface area contributed by atoms with Crippen molar-refractivity contribution in [1.29, 1.82) is 0 Å². The number of nitrogen functional groups attached to an aromatic ring is 1. The van der Waals surface area contributed by atoms with Gasteiger partial charge in [-0.05, 0) is 25.5 Å². The van der Waals surface area contributed by atoms with Crippen molar-refractivity contribution in [3.05, 3.63) is 28.3 Å². The molecule has 3 N–H and O–H groups in total. The molecule has 1 aromatic carbocycles. The third-order valence-corrected chi connectivity index (χ3v) is 4.71. The fourth-order valence-corrected chi connectivity index (χ4v) is 3.64. The van der Waals surface area contributed by atoms with E-state index in [-0.39, 0.29) is 11.8 Å². The lowest BCUT2D eigenvalue weighted by atomic mass is 10.2. The van der Waals surface area contributed by atoms with Gasteiger partial charge in [0.2, 0.25) is 10.0 Å². The van der Waals surface area contributed by atoms with Crippen LogP contribution < -0.4 is 10.5 Å². The van der Waals surface area contributed by atoms with Crippen molar-refractivity contribution in [2.75, 3.05) is 12.3 Å². The van der Waals surface area contributed by atoms with E-state index in [9.17, 15) is 18.5 Å². The minimum absolute atomic E-state index is 0.186. The SMILES string of the molecule is CC1OCCC1NS(=O)(=O)c1cccc(N)c1[N+](=O)[O-]. The molecule has 0 aromatic heterocycles. The summed E-state index contributed by atoms with van der Waals surface area (Å²) >= 11 is 0. The molecule has 1 aromatic rings. The number of hydrogen-bond donors (Lipinski definition) is 2. The van der Waals surface area contributed by atoms with Crippen LogP contribution in [0.15, 0.2) is 23.1 Å². The van der Waals surface area contributed by atoms with Crippen LogP contribution in [0, 0.1) is 10.1 Å². The van der Waals surface area contributed by atoms with Crippen LogP contribution in [-0.4, -0.2) is 32.1 Å². The molecular weight excluding hydrogens is 286 g/mol. The molecule has 1 aliphatic heterocycles. The highest BCUT2D eigenvalue weighted by Gasteiger charge is 2.33. The minimum atomic E-state index is -4.03. The van der Waals surface area contributed by atoms with Gasteiger partial charge < -0.3 is 10.5 Å². The van der Waals surface area contributed by atoms with Crippen LogP contribution in [0.25, 0.3) is 0 Å². The zero-order valence-electron chi connectivity index (χ0n) is 10.8. The molecular formula is C11H15N3O5S. The smallest absolute Gasteiger partial charge is 0.312 e. The lowest BCUT2D eigenvalue weighted by Crippen LogP contribution is -2.39. The second-order valence-electron chi connectivity index (χ2n) is 4.54. The van der Waals surface area contributed by atoms with Crippen LogP contribution in [0.2, 0.25) is 0 Å². The summed E-state index contributed by atoms with van der Waals surface area (Å²) in [7, 11) is -4.03. The Morgan fingerprint density at radius 3 is 2.75 bits per heavy atom. The third kappa shape index (κ3) is 2.74. The molecule has 2 unspecified atom stereocenters. The van der Waals surface area contributed by atoms with E-state index in [0.29, 0.717) is 13.0 Å². The summed E-state index contributed by atoms with van der Waals surface area (Å²) in [6.07, 6.45) is 0.251. The van der Waals surface area contributed by atoms with E-state index in [4.69, 9.17) is 10.5 Å². The first-order chi connectivity index (χ1) is 9.33. The van der Waals surface area contributed by atoms with Gasteiger partial charge in [-0.2, -0.15) is 0 Å². The van der Waals surface area contributed by atoms with Crippen LogP contribution in [0.4, 0.5) is 11.4 Å². The number of nitrogens with one attached hydrogen (secondary N) is 1. The van der Waals surface area contributed by atoms with Crippen LogP contribution in [0.3, 0.4) is 0 Å². The van der Waals surface area contributed by atoms with E-state index >= 15 is 0 Å². The Hall–Kier alpha value is -1.71. The average molecular weight is 301 g/mol. The van der Waals surface area contributed by atoms with Crippen molar-refractivity contribution in [3.8, 4) is 0 Å². The highest BCUT2D eigenvalue weighted by molar-refractivity contribution is 7.89. The predicted octanol–water partition coefficient (Wildman–Crippen LogP) is 0.633. The van der Waals surface area contributed by atoms with E-state index in [1.807, 2.05) is 0 Å². The molecule has 2 rings (SSSR count). The summed E-state index contributed by atoms with van der Waals surface area (Å²) in [5.74, 6) is 0. The molecule has 1 heterocycles. The fourth-order valence-electron chi connectivity index (χ4n) is 2.10. The van der Waals surface area contributed by atoms with Crippen molar-refractivity contribution >= 4 is 21.4 Å². The van der Waals surface area contributed by atoms with Crippen LogP contribution >= 0.6 is 0 Å². The highest BCUT2D eigenvalue weighted by atomic mass is 32.2. The standard InChI is InChI=1S/C11H15N3O5S/c1-7-9(5-6-19-7)13-20(17,18)10-4-2-3-8(12)11(10)14(15)16/h2-4,7,9,13H,5-6,12H2,1H3. The highest BCUT2D eigenvalue weighted by Crippen LogP contribution is 2.30. The number of hydrogen-bond acceptors (Lipinski definition) is 6. The van der Waals surface area contributed by atoms with Crippen molar-refractivity contribution in [2.24, 2.45) is 0 Å². The van der Waals surface area contributed by atoms with E-state index in [0.717, 1.165) is 6.07 Å². The molecule has 0 spiro atoms. The van der Waals surface area contributed by atoms with E-state index in [1.54, 1.807) is 6.92 Å². The summed E-state index contributed by atoms with van der Waals surface area (Å²) in [5, 5.41) is 11.0. The molecule has 0 radical (unpaired) electrons. The second kappa shape index (κ2) is 5.35. The quantitative estimate of drug-likeness (QED) is 0.477. The summed E-state index contributed by atoms with van der Waals surface area (Å²) in [6, 6.07) is 3.42. The van der Waals surface area contributed by atoms with Gasteiger partial charge in [0.1, 0.15) is 5.69 Å². The Labute approximate surface area is 116 Å². The minimum Gasteiger partial charge on any atom is -0.393 e. The van der Waals surface area contributed by atoms with Crippen LogP contribution in [0.5, 0.6) is 0 Å². The van der Waals surface area contributed by atoms with Crippen LogP contribution in [-0.2, 0) is 14.8 Å². The lowest BCUT2D eigenvalue weighted by molar-refractivity contribution is -0.386. The summed E-state index contributed by atoms with van der Waals surface area (Å²) in [5.41, 5.74) is 4.70. The zero-order valence-corrected chi connectivity index (χ0v) is 11.6. The largest absolute Gasteiger partial charge is 0.393 e. The first-order valence-electron chi connectivity index (χ1n) is 6.00. The first-order valence-corrected chi connectivity index (χ1v) is 7.48. The number of benzene rings is 1. The van der Waals surface area contributed by atoms with E-state index in [1.165, 1.54) is 12.1 Å². The average Bonchev–Trinajstić information content (AvgIpc) is 2.73. The number of nitrogens with two attached hydrogens (primary N) is 1. The second-order valence-corrected chi connectivity index (χ2v) is 6.23. The monoisotopic (exact) mass is 301 g/mol. The Morgan fingerprint density at radius 1 is 1.50 bits per heavy atom. The Kier molecular flexibility index (Phi) is 3.93. The molecule has 9 heteroatoms. The third-order valence-electron chi connectivity index (χ3n) is 3.19. The first kappa shape index (κ1) is 14.7. The van der Waals surface area contributed by atoms with Gasteiger partial charge >= 0.3 is 5.69 Å². The van der Waals surface area contributed by atoms with E-state index < -0.39 is 31.6 Å². The number of ether oxygens (including phenoxy) is 1. The van der Waals surface area contributed by atoms with Gasteiger partial charge in [0.15, 0.2) is 4.90 Å². The fraction of sp³-hybridized carbons (Fsp3) is 0.455. The van der Waals surface area contributed by atoms with Gasteiger partial charge in [0.25, 0.3) is 0 Å². The van der Waals surface area contributed by atoms with Gasteiger partial charge in [-0.1, -0.05) is 6.07 Å². The van der Waals surface area contributed by atoms with Crippen molar-refractivity contribution in [2.45, 2.75) is 30.4 Å². The van der Waals surface area contributed by atoms with Gasteiger partial charge in [-0.3, -0.25) is 10.1 Å². The maximum Gasteiger partial charge on any atom is 0.312 e. The van der Waals surface area contributed by atoms with Crippen molar-refractivity contribution in [3.63, 3.8) is 0 Å². The molecule has 0 aliphatic carbocycles. The molecule has 1 aliphatic rings. The molecule has 110 valence electrons. The Balaban J connectivity index is 2.39. The normalized spacial score (nSPS) is 22.9.